The van der Waals surface area contributed by atoms with Crippen LogP contribution < -0.4 is 0 Å². The van der Waals surface area contributed by atoms with Crippen molar-refractivity contribution in [1.29, 1.82) is 0 Å². The zero-order valence-electron chi connectivity index (χ0n) is 16.7. The maximum Gasteiger partial charge on any atom is 0.0709 e. The molecule has 0 saturated heterocycles. The van der Waals surface area contributed by atoms with Gasteiger partial charge in [0.05, 0.1) is 10.7 Å². The number of hydrogen-bond acceptors (Lipinski definition) is 1. The van der Waals surface area contributed by atoms with Crippen LogP contribution in [0, 0.1) is 11.8 Å². The van der Waals surface area contributed by atoms with Gasteiger partial charge >= 0.3 is 0 Å². The molecular weight excluding hydrogens is 362 g/mol. The zero-order chi connectivity index (χ0) is 19.5. The minimum absolute atomic E-state index is 0.699. The molecule has 1 aliphatic carbocycles. The van der Waals surface area contributed by atoms with E-state index >= 15 is 0 Å². The Bertz CT molecular complexity index is 907. The molecule has 1 nitrogen and oxygen atoms in total. The second-order valence-corrected chi connectivity index (χ2v) is 8.80. The molecule has 1 heterocycles. The fraction of sp³-hybridized carbons (Fsp3) is 0.346. The SMILES string of the molecule is CC(C)C1CCC(c2ccc(-c3cc(-c4ccccc4)ncc3Cl)cc2)CC1. The molecule has 28 heavy (non-hydrogen) atoms. The summed E-state index contributed by atoms with van der Waals surface area (Å²) in [6, 6.07) is 21.4. The molecule has 0 N–H and O–H groups in total. The molecule has 0 bridgehead atoms. The normalized spacial score (nSPS) is 19.7. The second kappa shape index (κ2) is 8.49. The van der Waals surface area contributed by atoms with Crippen molar-refractivity contribution in [1.82, 2.24) is 4.98 Å². The number of halogens is 1. The number of hydrogen-bond donors (Lipinski definition) is 0. The van der Waals surface area contributed by atoms with E-state index in [1.165, 1.54) is 31.2 Å². The smallest absolute Gasteiger partial charge is 0.0709 e. The first-order valence-corrected chi connectivity index (χ1v) is 10.8. The molecule has 2 heteroatoms. The quantitative estimate of drug-likeness (QED) is 0.440. The summed E-state index contributed by atoms with van der Waals surface area (Å²) in [4.78, 5) is 4.51. The summed E-state index contributed by atoms with van der Waals surface area (Å²) in [7, 11) is 0. The van der Waals surface area contributed by atoms with Gasteiger partial charge in [0.1, 0.15) is 0 Å². The van der Waals surface area contributed by atoms with Crippen molar-refractivity contribution in [2.24, 2.45) is 11.8 Å². The van der Waals surface area contributed by atoms with Crippen LogP contribution in [0.4, 0.5) is 0 Å². The molecule has 0 spiro atoms. The molecule has 2 aromatic carbocycles. The third kappa shape index (κ3) is 4.15. The first kappa shape index (κ1) is 19.2. The molecule has 1 aromatic heterocycles. The number of benzene rings is 2. The number of pyridine rings is 1. The summed E-state index contributed by atoms with van der Waals surface area (Å²) in [5, 5.41) is 0.699. The van der Waals surface area contributed by atoms with E-state index < -0.39 is 0 Å². The standard InChI is InChI=1S/C26H28ClN/c1-18(2)19-8-10-20(11-9-19)21-12-14-22(15-13-21)24-16-26(28-17-25(24)27)23-6-4-3-5-7-23/h3-7,12-20H,8-11H2,1-2H3. The van der Waals surface area contributed by atoms with Crippen LogP contribution in [0.25, 0.3) is 22.4 Å². The summed E-state index contributed by atoms with van der Waals surface area (Å²) in [5.41, 5.74) is 5.74. The van der Waals surface area contributed by atoms with Crippen LogP contribution in [0.3, 0.4) is 0 Å². The van der Waals surface area contributed by atoms with Crippen molar-refractivity contribution in [2.75, 3.05) is 0 Å². The summed E-state index contributed by atoms with van der Waals surface area (Å²) < 4.78 is 0. The largest absolute Gasteiger partial charge is 0.255 e. The molecular formula is C26H28ClN. The first-order chi connectivity index (χ1) is 13.6. The number of nitrogens with zero attached hydrogens (tertiary/aromatic N) is 1. The van der Waals surface area contributed by atoms with Gasteiger partial charge in [0.15, 0.2) is 0 Å². The van der Waals surface area contributed by atoms with E-state index in [0.717, 1.165) is 34.2 Å². The summed E-state index contributed by atoms with van der Waals surface area (Å²) in [6.45, 7) is 4.73. The highest BCUT2D eigenvalue weighted by Gasteiger charge is 2.24. The molecule has 0 atom stereocenters. The van der Waals surface area contributed by atoms with Crippen molar-refractivity contribution in [2.45, 2.75) is 45.4 Å². The molecule has 0 unspecified atom stereocenters. The Morgan fingerprint density at radius 3 is 2.18 bits per heavy atom. The molecule has 4 rings (SSSR count). The molecule has 0 radical (unpaired) electrons. The van der Waals surface area contributed by atoms with Crippen LogP contribution in [0.5, 0.6) is 0 Å². The molecule has 3 aromatic rings. The maximum absolute atomic E-state index is 6.49. The molecule has 0 amide bonds. The van der Waals surface area contributed by atoms with Crippen molar-refractivity contribution in [3.63, 3.8) is 0 Å². The average molecular weight is 390 g/mol. The van der Waals surface area contributed by atoms with Gasteiger partial charge in [-0.15, -0.1) is 0 Å². The van der Waals surface area contributed by atoms with Crippen molar-refractivity contribution in [3.05, 3.63) is 77.4 Å². The fourth-order valence-electron chi connectivity index (χ4n) is 4.48. The Labute approximate surface area is 173 Å². The van der Waals surface area contributed by atoms with Crippen molar-refractivity contribution < 1.29 is 0 Å². The van der Waals surface area contributed by atoms with Gasteiger partial charge in [0, 0.05) is 17.3 Å². The second-order valence-electron chi connectivity index (χ2n) is 8.39. The third-order valence-corrected chi connectivity index (χ3v) is 6.63. The van der Waals surface area contributed by atoms with Gasteiger partial charge in [0.25, 0.3) is 0 Å². The van der Waals surface area contributed by atoms with Gasteiger partial charge in [-0.3, -0.25) is 4.98 Å². The summed E-state index contributed by atoms with van der Waals surface area (Å²) in [5.74, 6) is 2.43. The van der Waals surface area contributed by atoms with E-state index in [9.17, 15) is 0 Å². The fourth-order valence-corrected chi connectivity index (χ4v) is 4.69. The van der Waals surface area contributed by atoms with E-state index in [0.29, 0.717) is 10.9 Å². The third-order valence-electron chi connectivity index (χ3n) is 6.33. The summed E-state index contributed by atoms with van der Waals surface area (Å²) in [6.07, 6.45) is 7.12. The predicted octanol–water partition coefficient (Wildman–Crippen LogP) is 8.00. The maximum atomic E-state index is 6.49. The van der Waals surface area contributed by atoms with Gasteiger partial charge in [-0.05, 0) is 60.6 Å². The predicted molar refractivity (Wildman–Crippen MR) is 120 cm³/mol. The molecule has 1 fully saturated rings. The number of aromatic nitrogens is 1. The molecule has 144 valence electrons. The van der Waals surface area contributed by atoms with Crippen LogP contribution in [0.2, 0.25) is 5.02 Å². The highest BCUT2D eigenvalue weighted by molar-refractivity contribution is 6.33. The van der Waals surface area contributed by atoms with Crippen LogP contribution >= 0.6 is 11.6 Å². The highest BCUT2D eigenvalue weighted by Crippen LogP contribution is 2.39. The van der Waals surface area contributed by atoms with E-state index in [4.69, 9.17) is 11.6 Å². The van der Waals surface area contributed by atoms with Crippen LogP contribution in [0.1, 0.15) is 51.0 Å². The Balaban J connectivity index is 1.54. The number of rotatable bonds is 4. The monoisotopic (exact) mass is 389 g/mol. The molecule has 0 aliphatic heterocycles. The Hall–Kier alpha value is -2.12. The summed E-state index contributed by atoms with van der Waals surface area (Å²) >= 11 is 6.49. The van der Waals surface area contributed by atoms with Gasteiger partial charge in [0.2, 0.25) is 0 Å². The Morgan fingerprint density at radius 2 is 1.54 bits per heavy atom. The van der Waals surface area contributed by atoms with E-state index in [-0.39, 0.29) is 0 Å². The first-order valence-electron chi connectivity index (χ1n) is 10.4. The zero-order valence-corrected chi connectivity index (χ0v) is 17.5. The van der Waals surface area contributed by atoms with Crippen molar-refractivity contribution in [3.8, 4) is 22.4 Å². The Morgan fingerprint density at radius 1 is 0.857 bits per heavy atom. The average Bonchev–Trinajstić information content (AvgIpc) is 2.75. The molecule has 1 aliphatic rings. The van der Waals surface area contributed by atoms with Crippen LogP contribution in [0.15, 0.2) is 66.9 Å². The van der Waals surface area contributed by atoms with Gasteiger partial charge < -0.3 is 0 Å². The lowest BCUT2D eigenvalue weighted by Gasteiger charge is -2.31. The Kier molecular flexibility index (Phi) is 5.82. The lowest BCUT2D eigenvalue weighted by atomic mass is 9.74. The lowest BCUT2D eigenvalue weighted by Crippen LogP contribution is -2.17. The van der Waals surface area contributed by atoms with Gasteiger partial charge in [-0.25, -0.2) is 0 Å². The van der Waals surface area contributed by atoms with Crippen molar-refractivity contribution >= 4 is 11.6 Å². The molecule has 1 saturated carbocycles. The van der Waals surface area contributed by atoms with Gasteiger partial charge in [-0.2, -0.15) is 0 Å². The van der Waals surface area contributed by atoms with Gasteiger partial charge in [-0.1, -0.05) is 80.0 Å². The minimum atomic E-state index is 0.699. The lowest BCUT2D eigenvalue weighted by molar-refractivity contribution is 0.259. The highest BCUT2D eigenvalue weighted by atomic mass is 35.5. The van der Waals surface area contributed by atoms with E-state index in [2.05, 4.69) is 61.3 Å². The van der Waals surface area contributed by atoms with Crippen LogP contribution in [-0.4, -0.2) is 4.98 Å². The van der Waals surface area contributed by atoms with Crippen LogP contribution in [-0.2, 0) is 0 Å². The van der Waals surface area contributed by atoms with E-state index in [1.54, 1.807) is 6.20 Å². The topological polar surface area (TPSA) is 12.9 Å². The minimum Gasteiger partial charge on any atom is -0.255 e. The van der Waals surface area contributed by atoms with E-state index in [1.807, 2.05) is 18.2 Å².